The Kier molecular flexibility index (Phi) is 2.75. The van der Waals surface area contributed by atoms with Crippen LogP contribution in [0.3, 0.4) is 0 Å². The Hall–Kier alpha value is -3.02. The fourth-order valence-corrected chi connectivity index (χ4v) is 2.65. The number of carbonyl (C=O) groups is 1. The first kappa shape index (κ1) is 12.7. The largest absolute Gasteiger partial charge is 0.491 e. The van der Waals surface area contributed by atoms with Crippen molar-refractivity contribution in [2.24, 2.45) is 0 Å². The summed E-state index contributed by atoms with van der Waals surface area (Å²) in [4.78, 5) is 28.8. The topological polar surface area (TPSA) is 87.0 Å². The van der Waals surface area contributed by atoms with Crippen molar-refractivity contribution in [1.29, 1.82) is 0 Å². The van der Waals surface area contributed by atoms with Crippen molar-refractivity contribution in [3.05, 3.63) is 52.4 Å². The summed E-state index contributed by atoms with van der Waals surface area (Å²) in [6.45, 7) is 0.966. The van der Waals surface area contributed by atoms with Crippen molar-refractivity contribution < 1.29 is 9.53 Å². The molecule has 1 aromatic heterocycles. The summed E-state index contributed by atoms with van der Waals surface area (Å²) in [6.07, 6.45) is 0. The number of nitrogens with one attached hydrogen (secondary N) is 3. The van der Waals surface area contributed by atoms with Crippen molar-refractivity contribution in [3.63, 3.8) is 0 Å². The zero-order valence-electron chi connectivity index (χ0n) is 11.6. The Balaban J connectivity index is 1.84. The van der Waals surface area contributed by atoms with Crippen LogP contribution in [0.1, 0.15) is 10.4 Å². The molecule has 0 radical (unpaired) electrons. The van der Waals surface area contributed by atoms with Crippen molar-refractivity contribution in [2.75, 3.05) is 13.2 Å². The molecule has 1 amide bonds. The molecule has 0 fully saturated rings. The normalized spacial score (nSPS) is 14.1. The summed E-state index contributed by atoms with van der Waals surface area (Å²) < 4.78 is 5.55. The molecule has 0 saturated heterocycles. The Labute approximate surface area is 125 Å². The van der Waals surface area contributed by atoms with E-state index in [9.17, 15) is 9.59 Å². The number of hydrogen-bond donors (Lipinski definition) is 3. The number of benzene rings is 2. The summed E-state index contributed by atoms with van der Waals surface area (Å²) in [7, 11) is 0. The fraction of sp³-hybridized carbons (Fsp3) is 0.125. The second-order valence-corrected chi connectivity index (χ2v) is 5.15. The van der Waals surface area contributed by atoms with Gasteiger partial charge in [-0.15, -0.1) is 0 Å². The van der Waals surface area contributed by atoms with E-state index >= 15 is 0 Å². The van der Waals surface area contributed by atoms with E-state index in [1.165, 1.54) is 0 Å². The maximum Gasteiger partial charge on any atom is 0.323 e. The monoisotopic (exact) mass is 295 g/mol. The van der Waals surface area contributed by atoms with Crippen LogP contribution in [0, 0.1) is 0 Å². The fourth-order valence-electron chi connectivity index (χ4n) is 2.65. The molecule has 6 nitrogen and oxygen atoms in total. The lowest BCUT2D eigenvalue weighted by Crippen LogP contribution is -2.24. The number of amides is 1. The number of ether oxygens (including phenoxy) is 1. The van der Waals surface area contributed by atoms with Crippen LogP contribution in [0.5, 0.6) is 5.75 Å². The Bertz CT molecular complexity index is 939. The first-order valence-electron chi connectivity index (χ1n) is 6.98. The molecule has 4 rings (SSSR count). The van der Waals surface area contributed by atoms with Gasteiger partial charge in [-0.3, -0.25) is 4.79 Å². The number of carbonyl (C=O) groups excluding carboxylic acids is 1. The zero-order chi connectivity index (χ0) is 15.1. The molecule has 0 unspecified atom stereocenters. The smallest absolute Gasteiger partial charge is 0.323 e. The third-order valence-corrected chi connectivity index (χ3v) is 3.72. The maximum absolute atomic E-state index is 12.1. The highest BCUT2D eigenvalue weighted by atomic mass is 16.5. The number of H-pyrrole nitrogens is 2. The van der Waals surface area contributed by atoms with Gasteiger partial charge in [-0.05, 0) is 35.4 Å². The van der Waals surface area contributed by atoms with Gasteiger partial charge in [0.1, 0.15) is 12.4 Å². The molecule has 2 heterocycles. The van der Waals surface area contributed by atoms with E-state index < -0.39 is 0 Å². The molecule has 0 bridgehead atoms. The number of fused-ring (bicyclic) bond motifs is 2. The molecule has 110 valence electrons. The quantitative estimate of drug-likeness (QED) is 0.638. The minimum atomic E-state index is -0.234. The van der Waals surface area contributed by atoms with Gasteiger partial charge in [-0.2, -0.15) is 0 Å². The predicted molar refractivity (Wildman–Crippen MR) is 82.2 cm³/mol. The van der Waals surface area contributed by atoms with Crippen molar-refractivity contribution in [2.45, 2.75) is 0 Å². The van der Waals surface area contributed by atoms with Crippen molar-refractivity contribution in [1.82, 2.24) is 15.3 Å². The lowest BCUT2D eigenvalue weighted by atomic mass is 10.0. The number of hydrogen-bond acceptors (Lipinski definition) is 3. The zero-order valence-corrected chi connectivity index (χ0v) is 11.6. The second-order valence-electron chi connectivity index (χ2n) is 5.15. The van der Waals surface area contributed by atoms with E-state index in [0.29, 0.717) is 24.5 Å². The average molecular weight is 295 g/mol. The van der Waals surface area contributed by atoms with Crippen molar-refractivity contribution >= 4 is 16.9 Å². The van der Waals surface area contributed by atoms with Crippen LogP contribution < -0.4 is 15.7 Å². The molecule has 22 heavy (non-hydrogen) atoms. The number of aromatic nitrogens is 2. The highest BCUT2D eigenvalue weighted by Gasteiger charge is 2.17. The maximum atomic E-state index is 12.1. The van der Waals surface area contributed by atoms with Crippen LogP contribution in [0.25, 0.3) is 22.2 Å². The van der Waals surface area contributed by atoms with Crippen LogP contribution in [0.15, 0.2) is 41.2 Å². The molecule has 0 spiro atoms. The Morgan fingerprint density at radius 2 is 1.68 bits per heavy atom. The van der Waals surface area contributed by atoms with Gasteiger partial charge >= 0.3 is 5.69 Å². The van der Waals surface area contributed by atoms with Gasteiger partial charge < -0.3 is 20.0 Å². The summed E-state index contributed by atoms with van der Waals surface area (Å²) in [5.41, 5.74) is 3.59. The van der Waals surface area contributed by atoms with Gasteiger partial charge in [-0.1, -0.05) is 12.1 Å². The SMILES string of the molecule is O=C1NCCOc2ccc(-c3ccc4[nH]c(=O)[nH]c4c3)cc21. The van der Waals surface area contributed by atoms with Crippen LogP contribution >= 0.6 is 0 Å². The van der Waals surface area contributed by atoms with E-state index in [4.69, 9.17) is 4.74 Å². The van der Waals surface area contributed by atoms with Crippen LogP contribution in [0.2, 0.25) is 0 Å². The Morgan fingerprint density at radius 3 is 2.59 bits per heavy atom. The summed E-state index contributed by atoms with van der Waals surface area (Å²) >= 11 is 0. The van der Waals surface area contributed by atoms with E-state index in [2.05, 4.69) is 15.3 Å². The van der Waals surface area contributed by atoms with Crippen LogP contribution in [-0.4, -0.2) is 29.0 Å². The van der Waals surface area contributed by atoms with E-state index in [-0.39, 0.29) is 11.6 Å². The highest BCUT2D eigenvalue weighted by Crippen LogP contribution is 2.28. The molecular weight excluding hydrogens is 282 g/mol. The van der Waals surface area contributed by atoms with Gasteiger partial charge in [0.25, 0.3) is 5.91 Å². The molecule has 1 aliphatic rings. The van der Waals surface area contributed by atoms with Crippen LogP contribution in [-0.2, 0) is 0 Å². The molecule has 2 aromatic carbocycles. The predicted octanol–water partition coefficient (Wildman–Crippen LogP) is 1.65. The third-order valence-electron chi connectivity index (χ3n) is 3.72. The highest BCUT2D eigenvalue weighted by molar-refractivity contribution is 5.98. The summed E-state index contributed by atoms with van der Waals surface area (Å²) in [5.74, 6) is 0.459. The van der Waals surface area contributed by atoms with Crippen molar-refractivity contribution in [3.8, 4) is 16.9 Å². The first-order valence-corrected chi connectivity index (χ1v) is 6.98. The number of aromatic amines is 2. The molecule has 0 aliphatic carbocycles. The van der Waals surface area contributed by atoms with Gasteiger partial charge in [0.2, 0.25) is 0 Å². The summed E-state index contributed by atoms with van der Waals surface area (Å²) in [6, 6.07) is 11.1. The molecular formula is C16H13N3O3. The van der Waals surface area contributed by atoms with Gasteiger partial charge in [-0.25, -0.2) is 4.79 Å². The van der Waals surface area contributed by atoms with E-state index in [1.807, 2.05) is 30.3 Å². The second kappa shape index (κ2) is 4.77. The lowest BCUT2D eigenvalue weighted by molar-refractivity contribution is 0.0957. The van der Waals surface area contributed by atoms with Gasteiger partial charge in [0.05, 0.1) is 23.1 Å². The molecule has 6 heteroatoms. The molecule has 1 aliphatic heterocycles. The average Bonchev–Trinajstić information content (AvgIpc) is 2.80. The van der Waals surface area contributed by atoms with Gasteiger partial charge in [0, 0.05) is 0 Å². The molecule has 0 saturated carbocycles. The van der Waals surface area contributed by atoms with Crippen LogP contribution in [0.4, 0.5) is 0 Å². The van der Waals surface area contributed by atoms with Gasteiger partial charge in [0.15, 0.2) is 0 Å². The minimum absolute atomic E-state index is 0.134. The number of imidazole rings is 1. The molecule has 3 aromatic rings. The molecule has 0 atom stereocenters. The summed E-state index contributed by atoms with van der Waals surface area (Å²) in [5, 5.41) is 2.80. The third kappa shape index (κ3) is 2.05. The lowest BCUT2D eigenvalue weighted by Gasteiger charge is -2.08. The Morgan fingerprint density at radius 1 is 0.909 bits per heavy atom. The standard InChI is InChI=1S/C16H13N3O3/c20-15-11-7-9(2-4-14(11)22-6-5-17-15)10-1-3-12-13(8-10)19-16(21)18-12/h1-4,7-8H,5-6H2,(H,17,20)(H2,18,19,21). The van der Waals surface area contributed by atoms with E-state index in [1.54, 1.807) is 6.07 Å². The minimum Gasteiger partial charge on any atom is -0.491 e. The molecule has 3 N–H and O–H groups in total. The number of rotatable bonds is 1. The van der Waals surface area contributed by atoms with E-state index in [0.717, 1.165) is 22.2 Å². The first-order chi connectivity index (χ1) is 10.7.